The van der Waals surface area contributed by atoms with E-state index in [1.807, 2.05) is 0 Å². The molecule has 1 radical (unpaired) electrons. The van der Waals surface area contributed by atoms with Crippen LogP contribution in [0.15, 0.2) is 0 Å². The lowest BCUT2D eigenvalue weighted by Crippen LogP contribution is -2.41. The number of hydrogen-bond acceptors (Lipinski definition) is 13. The van der Waals surface area contributed by atoms with Gasteiger partial charge in [-0.25, -0.2) is 9.59 Å². The van der Waals surface area contributed by atoms with E-state index in [2.05, 4.69) is 26.6 Å². The van der Waals surface area contributed by atoms with Crippen molar-refractivity contribution in [2.45, 2.75) is 153 Å². The van der Waals surface area contributed by atoms with Gasteiger partial charge in [-0.3, -0.25) is 33.6 Å². The van der Waals surface area contributed by atoms with Crippen molar-refractivity contribution in [2.75, 3.05) is 72.5 Å². The molecule has 2 atom stereocenters. The van der Waals surface area contributed by atoms with Crippen LogP contribution in [0.2, 0.25) is 0 Å². The second kappa shape index (κ2) is 43.2. The van der Waals surface area contributed by atoms with Gasteiger partial charge >= 0.3 is 17.9 Å². The van der Waals surface area contributed by atoms with Gasteiger partial charge in [0.1, 0.15) is 25.3 Å². The fraction of sp³-hybridized carbons (Fsp3) is 0.795. The Hall–Kier alpha value is -4.73. The van der Waals surface area contributed by atoms with Crippen molar-refractivity contribution in [1.82, 2.24) is 26.6 Å². The Labute approximate surface area is 382 Å². The average Bonchev–Trinajstić information content (AvgIpc) is 3.26. The monoisotopic (exact) mass is 931 g/mol. The number of carbonyl (C=O) groups excluding carboxylic acids is 6. The fourth-order valence-electron chi connectivity index (χ4n) is 6.17. The van der Waals surface area contributed by atoms with Crippen LogP contribution in [0.25, 0.3) is 0 Å². The quantitative estimate of drug-likeness (QED) is 0.0406. The Bertz CT molecular complexity index is 1350. The van der Waals surface area contributed by atoms with E-state index in [9.17, 15) is 48.3 Å². The van der Waals surface area contributed by atoms with E-state index in [1.165, 1.54) is 38.5 Å². The summed E-state index contributed by atoms with van der Waals surface area (Å²) in [5.74, 6) is -5.15. The predicted octanol–water partition coefficient (Wildman–Crippen LogP) is 2.32. The van der Waals surface area contributed by atoms with Crippen molar-refractivity contribution in [3.05, 3.63) is 0 Å². The van der Waals surface area contributed by atoms with Gasteiger partial charge in [-0.05, 0) is 32.1 Å². The van der Waals surface area contributed by atoms with Crippen molar-refractivity contribution < 1.29 is 77.4 Å². The Morgan fingerprint density at radius 3 is 1.23 bits per heavy atom. The van der Waals surface area contributed by atoms with Gasteiger partial charge < -0.3 is 60.9 Å². The second-order valence-corrected chi connectivity index (χ2v) is 15.5. The van der Waals surface area contributed by atoms with Crippen LogP contribution in [-0.2, 0) is 62.1 Å². The standard InChI is InChI=1S/C44H76N5O16/c50-26-16-17-35(43(58)59)48-39(53)19-15-23-45-40(54)33-64-31-30-63-28-25-47-41(55)34-65-32-29-62-27-24-46-37(51)22-21-36(44(60)61)49-38(52)18-13-11-9-7-5-3-1-2-4-6-8-10-12-14-20-42(56)57/h35-36H,1-25,27-34H2,(H,45,54)(H,46,51)(H,47,55)(H,48,53)(H,49,52)(H,56,57)(H,58,59)(H,60,61)/t35-,36-/m0/s1. The van der Waals surface area contributed by atoms with Crippen molar-refractivity contribution in [3.63, 3.8) is 0 Å². The number of carboxylic acid groups (broad SMARTS) is 3. The largest absolute Gasteiger partial charge is 0.481 e. The molecular weight excluding hydrogens is 855 g/mol. The van der Waals surface area contributed by atoms with Crippen LogP contribution in [0.3, 0.4) is 0 Å². The summed E-state index contributed by atoms with van der Waals surface area (Å²) in [6.07, 6.45) is 17.0. The third kappa shape index (κ3) is 41.7. The number of nitrogens with one attached hydrogen (secondary N) is 5. The van der Waals surface area contributed by atoms with Crippen molar-refractivity contribution in [2.24, 2.45) is 0 Å². The third-order valence-electron chi connectivity index (χ3n) is 9.76. The van der Waals surface area contributed by atoms with Crippen LogP contribution in [-0.4, -0.2) is 154 Å². The highest BCUT2D eigenvalue weighted by molar-refractivity contribution is 5.85. The van der Waals surface area contributed by atoms with E-state index in [4.69, 9.17) is 29.2 Å². The molecule has 65 heavy (non-hydrogen) atoms. The summed E-state index contributed by atoms with van der Waals surface area (Å²) in [6.45, 7) is 1.16. The zero-order chi connectivity index (χ0) is 48.2. The maximum Gasteiger partial charge on any atom is 0.326 e. The fourth-order valence-corrected chi connectivity index (χ4v) is 6.17. The molecule has 0 saturated carbocycles. The van der Waals surface area contributed by atoms with Crippen molar-refractivity contribution in [3.8, 4) is 0 Å². The summed E-state index contributed by atoms with van der Waals surface area (Å²) in [5.41, 5.74) is 0. The zero-order valence-electron chi connectivity index (χ0n) is 38.1. The summed E-state index contributed by atoms with van der Waals surface area (Å²) >= 11 is 0. The summed E-state index contributed by atoms with van der Waals surface area (Å²) in [4.78, 5) is 104. The zero-order valence-corrected chi connectivity index (χ0v) is 38.1. The Morgan fingerprint density at radius 1 is 0.400 bits per heavy atom. The molecule has 0 saturated heterocycles. The Kier molecular flexibility index (Phi) is 40.0. The molecular formula is C44H76N5O16. The highest BCUT2D eigenvalue weighted by Gasteiger charge is 2.21. The minimum absolute atomic E-state index is 0.00919. The molecule has 0 aromatic rings. The SMILES string of the molecule is O=[C]CC[C@H](NC(=O)CCCNC(=O)COCCOCCNC(=O)COCCOCCNC(=O)CC[C@H](NC(=O)CCCCCCCCCCCCCCCCC(=O)O)C(=O)O)C(=O)O. The number of ether oxygens (including phenoxy) is 4. The number of hydrogen-bond donors (Lipinski definition) is 8. The van der Waals surface area contributed by atoms with Crippen molar-refractivity contribution >= 4 is 53.7 Å². The lowest BCUT2D eigenvalue weighted by atomic mass is 10.0. The van der Waals surface area contributed by atoms with Gasteiger partial charge in [0, 0.05) is 51.7 Å². The van der Waals surface area contributed by atoms with Gasteiger partial charge in [-0.2, -0.15) is 0 Å². The van der Waals surface area contributed by atoms with E-state index < -0.39 is 41.8 Å². The first-order valence-electron chi connectivity index (χ1n) is 23.1. The van der Waals surface area contributed by atoms with Crippen molar-refractivity contribution in [1.29, 1.82) is 0 Å². The molecule has 0 aliphatic carbocycles. The molecule has 0 aliphatic heterocycles. The topological polar surface area (TPSA) is 311 Å². The highest BCUT2D eigenvalue weighted by Crippen LogP contribution is 2.14. The number of unbranched alkanes of at least 4 members (excludes halogenated alkanes) is 13. The molecule has 0 aromatic carbocycles. The van der Waals surface area contributed by atoms with Gasteiger partial charge in [-0.15, -0.1) is 0 Å². The van der Waals surface area contributed by atoms with Gasteiger partial charge in [-0.1, -0.05) is 77.0 Å². The lowest BCUT2D eigenvalue weighted by molar-refractivity contribution is -0.142. The first-order chi connectivity index (χ1) is 31.3. The van der Waals surface area contributed by atoms with Crippen LogP contribution in [0, 0.1) is 0 Å². The number of carboxylic acids is 3. The summed E-state index contributed by atoms with van der Waals surface area (Å²) in [6, 6.07) is -2.33. The minimum Gasteiger partial charge on any atom is -0.481 e. The number of amides is 5. The Morgan fingerprint density at radius 2 is 0.785 bits per heavy atom. The molecule has 5 amide bonds. The highest BCUT2D eigenvalue weighted by atomic mass is 16.5. The van der Waals surface area contributed by atoms with Gasteiger partial charge in [0.05, 0.1) is 39.6 Å². The van der Waals surface area contributed by atoms with Crippen LogP contribution in [0.1, 0.15) is 141 Å². The van der Waals surface area contributed by atoms with Crippen LogP contribution >= 0.6 is 0 Å². The number of aliphatic carboxylic acids is 3. The number of rotatable bonds is 47. The maximum atomic E-state index is 12.3. The molecule has 0 fully saturated rings. The summed E-state index contributed by atoms with van der Waals surface area (Å²) in [7, 11) is 0. The van der Waals surface area contributed by atoms with E-state index in [0.29, 0.717) is 6.42 Å². The summed E-state index contributed by atoms with van der Waals surface area (Å²) < 4.78 is 21.2. The molecule has 373 valence electrons. The molecule has 0 aliphatic rings. The summed E-state index contributed by atoms with van der Waals surface area (Å²) in [5, 5.41) is 39.9. The molecule has 0 unspecified atom stereocenters. The van der Waals surface area contributed by atoms with E-state index in [-0.39, 0.29) is 142 Å². The average molecular weight is 931 g/mol. The van der Waals surface area contributed by atoms with Gasteiger partial charge in [0.2, 0.25) is 29.5 Å². The molecule has 0 bridgehead atoms. The van der Waals surface area contributed by atoms with E-state index in [1.54, 1.807) is 6.29 Å². The normalized spacial score (nSPS) is 11.8. The third-order valence-corrected chi connectivity index (χ3v) is 9.76. The van der Waals surface area contributed by atoms with Crippen LogP contribution in [0.5, 0.6) is 0 Å². The van der Waals surface area contributed by atoms with Gasteiger partial charge in [0.25, 0.3) is 0 Å². The number of carbonyl (C=O) groups is 8. The Balaban J connectivity index is 3.69. The predicted molar refractivity (Wildman–Crippen MR) is 236 cm³/mol. The van der Waals surface area contributed by atoms with E-state index in [0.717, 1.165) is 44.9 Å². The molecule has 0 spiro atoms. The smallest absolute Gasteiger partial charge is 0.326 e. The molecule has 21 heteroatoms. The van der Waals surface area contributed by atoms with Crippen LogP contribution in [0.4, 0.5) is 0 Å². The second-order valence-electron chi connectivity index (χ2n) is 15.5. The minimum atomic E-state index is -1.24. The molecule has 21 nitrogen and oxygen atoms in total. The molecule has 0 rings (SSSR count). The maximum absolute atomic E-state index is 12.3. The molecule has 0 aromatic heterocycles. The van der Waals surface area contributed by atoms with Gasteiger partial charge in [0.15, 0.2) is 6.29 Å². The first kappa shape index (κ1) is 60.3. The molecule has 8 N–H and O–H groups in total. The van der Waals surface area contributed by atoms with E-state index >= 15 is 0 Å². The molecule has 0 heterocycles. The first-order valence-corrected chi connectivity index (χ1v) is 23.1. The lowest BCUT2D eigenvalue weighted by Gasteiger charge is -2.14. The van der Waals surface area contributed by atoms with Crippen LogP contribution < -0.4 is 26.6 Å².